The Kier molecular flexibility index (Phi) is 5.07. The van der Waals surface area contributed by atoms with E-state index in [1.807, 2.05) is 97.1 Å². The van der Waals surface area contributed by atoms with E-state index in [2.05, 4.69) is 15.3 Å². The highest BCUT2D eigenvalue weighted by Crippen LogP contribution is 2.41. The van der Waals surface area contributed by atoms with Crippen LogP contribution in [0.5, 0.6) is 0 Å². The summed E-state index contributed by atoms with van der Waals surface area (Å²) in [5.41, 5.74) is 11.5. The number of hydrazine groups is 1. The van der Waals surface area contributed by atoms with Gasteiger partial charge in [-0.1, -0.05) is 78.9 Å². The number of aromatic nitrogens is 3. The van der Waals surface area contributed by atoms with Crippen molar-refractivity contribution in [2.45, 2.75) is 0 Å². The van der Waals surface area contributed by atoms with Gasteiger partial charge in [0.2, 0.25) is 0 Å². The quantitative estimate of drug-likeness (QED) is 0.277. The molecule has 0 saturated carbocycles. The summed E-state index contributed by atoms with van der Waals surface area (Å²) in [5.74, 6) is 6.90. The van der Waals surface area contributed by atoms with Crippen molar-refractivity contribution in [3.63, 3.8) is 0 Å². The Labute approximate surface area is 223 Å². The smallest absolute Gasteiger partial charge is 0.280 e. The molecule has 5 aromatic rings. The molecule has 1 amide bonds. The Morgan fingerprint density at radius 3 is 2.08 bits per heavy atom. The molecule has 10 heteroatoms. The van der Waals surface area contributed by atoms with Gasteiger partial charge in [-0.15, -0.1) is 10.2 Å². The Morgan fingerprint density at radius 1 is 0.744 bits per heavy atom. The first-order valence-corrected chi connectivity index (χ1v) is 12.2. The predicted octanol–water partition coefficient (Wildman–Crippen LogP) is 4.06. The lowest BCUT2D eigenvalue weighted by Crippen LogP contribution is -2.54. The van der Waals surface area contributed by atoms with Crippen LogP contribution in [0.3, 0.4) is 0 Å². The van der Waals surface area contributed by atoms with E-state index in [9.17, 15) is 4.79 Å². The van der Waals surface area contributed by atoms with Crippen molar-refractivity contribution >= 4 is 29.3 Å². The average molecular weight is 512 g/mol. The molecule has 0 saturated heterocycles. The number of nitrogens with zero attached hydrogens (tertiary/aromatic N) is 7. The summed E-state index contributed by atoms with van der Waals surface area (Å²) in [6.45, 7) is 0. The molecule has 2 aromatic heterocycles. The molecule has 0 aliphatic carbocycles. The Morgan fingerprint density at radius 2 is 1.38 bits per heavy atom. The number of rotatable bonds is 3. The number of carbonyl (C=O) groups excluding carboxylic acids is 1. The fourth-order valence-corrected chi connectivity index (χ4v) is 4.87. The molecule has 188 valence electrons. The first kappa shape index (κ1) is 22.6. The summed E-state index contributed by atoms with van der Waals surface area (Å²) >= 11 is 0. The van der Waals surface area contributed by atoms with Gasteiger partial charge in [0.05, 0.1) is 23.1 Å². The van der Waals surface area contributed by atoms with E-state index < -0.39 is 5.91 Å². The van der Waals surface area contributed by atoms with Gasteiger partial charge in [-0.2, -0.15) is 5.10 Å². The summed E-state index contributed by atoms with van der Waals surface area (Å²) in [6.07, 6.45) is 1.50. The van der Waals surface area contributed by atoms with Crippen LogP contribution in [0.4, 0.5) is 11.6 Å². The Bertz CT molecular complexity index is 1800. The second kappa shape index (κ2) is 8.75. The van der Waals surface area contributed by atoms with Crippen molar-refractivity contribution in [2.75, 3.05) is 4.90 Å². The highest BCUT2D eigenvalue weighted by Gasteiger charge is 2.42. The summed E-state index contributed by atoms with van der Waals surface area (Å²) in [5, 5.41) is 14.1. The van der Waals surface area contributed by atoms with E-state index >= 15 is 0 Å². The van der Waals surface area contributed by atoms with Crippen LogP contribution >= 0.6 is 0 Å². The molecule has 7 rings (SSSR count). The van der Waals surface area contributed by atoms with E-state index in [4.69, 9.17) is 16.6 Å². The molecule has 0 bridgehead atoms. The first-order valence-electron chi connectivity index (χ1n) is 12.2. The molecule has 4 N–H and O–H groups in total. The first-order chi connectivity index (χ1) is 19.1. The van der Waals surface area contributed by atoms with Gasteiger partial charge >= 0.3 is 0 Å². The fourth-order valence-electron chi connectivity index (χ4n) is 4.87. The normalized spacial score (nSPS) is 14.1. The maximum absolute atomic E-state index is 13.3. The third-order valence-electron chi connectivity index (χ3n) is 6.69. The predicted molar refractivity (Wildman–Crippen MR) is 149 cm³/mol. The molecule has 3 aromatic carbocycles. The lowest BCUT2D eigenvalue weighted by molar-refractivity contribution is 0.0840. The summed E-state index contributed by atoms with van der Waals surface area (Å²) in [6, 6.07) is 31.2. The minimum absolute atomic E-state index is 0.0589. The average Bonchev–Trinajstić information content (AvgIpc) is 3.37. The number of carbonyl (C=O) groups is 1. The van der Waals surface area contributed by atoms with Crippen LogP contribution in [-0.4, -0.2) is 37.5 Å². The van der Waals surface area contributed by atoms with Crippen LogP contribution < -0.4 is 16.5 Å². The van der Waals surface area contributed by atoms with Crippen molar-refractivity contribution in [3.05, 3.63) is 114 Å². The number of para-hydroxylation sites is 1. The zero-order chi connectivity index (χ0) is 26.5. The second-order valence-electron chi connectivity index (χ2n) is 9.01. The maximum Gasteiger partial charge on any atom is 0.280 e. The maximum atomic E-state index is 13.3. The van der Waals surface area contributed by atoms with Gasteiger partial charge < -0.3 is 5.73 Å². The standard InChI is InChI=1S/C29H21N9O/c30-25-24-21(18-10-4-1-5-11-18)16-23(19-12-6-2-7-13-19)33-26(24)36-27-22(28(39)37(31)29(36)35-34-25)17-32-38(27)20-14-8-3-9-15-20/h1-17H,31H2,(H2,30,34). The van der Waals surface area contributed by atoms with Crippen LogP contribution in [0.25, 0.3) is 28.1 Å². The van der Waals surface area contributed by atoms with Crippen LogP contribution in [0.2, 0.25) is 0 Å². The molecule has 0 unspecified atom stereocenters. The van der Waals surface area contributed by atoms with Crippen LogP contribution in [0.1, 0.15) is 15.9 Å². The molecule has 0 fully saturated rings. The molecule has 2 aliphatic heterocycles. The number of amides is 1. The highest BCUT2D eigenvalue weighted by atomic mass is 16.2. The van der Waals surface area contributed by atoms with Crippen LogP contribution in [0.15, 0.2) is 113 Å². The SMILES string of the molecule is NC1=NN=C2N(N)C(=O)c3cnn(-c4ccccc4)c3N2c2nc(-c3ccccc3)cc(-c3ccccc3)c21. The Balaban J connectivity index is 1.58. The number of nitrogens with two attached hydrogens (primary N) is 2. The number of fused-ring (bicyclic) bond motifs is 5. The van der Waals surface area contributed by atoms with E-state index in [0.717, 1.165) is 27.4 Å². The van der Waals surface area contributed by atoms with Gasteiger partial charge in [0.25, 0.3) is 11.9 Å². The number of hydrogen-bond acceptors (Lipinski definition) is 8. The molecule has 2 aliphatic rings. The van der Waals surface area contributed by atoms with Crippen LogP contribution in [0, 0.1) is 0 Å². The second-order valence-corrected chi connectivity index (χ2v) is 9.01. The number of guanidine groups is 1. The van der Waals surface area contributed by atoms with E-state index in [-0.39, 0.29) is 11.8 Å². The van der Waals surface area contributed by atoms with Crippen molar-refractivity contribution in [1.82, 2.24) is 19.8 Å². The molecular weight excluding hydrogens is 490 g/mol. The van der Waals surface area contributed by atoms with Crippen molar-refractivity contribution in [1.29, 1.82) is 0 Å². The van der Waals surface area contributed by atoms with E-state index in [0.29, 0.717) is 28.5 Å². The van der Waals surface area contributed by atoms with Gasteiger partial charge in [-0.05, 0) is 29.3 Å². The van der Waals surface area contributed by atoms with Gasteiger partial charge in [-0.3, -0.25) is 4.79 Å². The third kappa shape index (κ3) is 3.50. The minimum atomic E-state index is -0.470. The number of amidine groups is 1. The minimum Gasteiger partial charge on any atom is -0.382 e. The molecule has 39 heavy (non-hydrogen) atoms. The summed E-state index contributed by atoms with van der Waals surface area (Å²) in [7, 11) is 0. The molecule has 4 heterocycles. The zero-order valence-electron chi connectivity index (χ0n) is 20.5. The van der Waals surface area contributed by atoms with Gasteiger partial charge in [0, 0.05) is 5.56 Å². The van der Waals surface area contributed by atoms with Crippen molar-refractivity contribution < 1.29 is 4.79 Å². The van der Waals surface area contributed by atoms with Gasteiger partial charge in [-0.25, -0.2) is 25.4 Å². The lowest BCUT2D eigenvalue weighted by Gasteiger charge is -2.34. The molecule has 0 radical (unpaired) electrons. The van der Waals surface area contributed by atoms with Crippen molar-refractivity contribution in [2.24, 2.45) is 21.8 Å². The molecule has 0 atom stereocenters. The summed E-state index contributed by atoms with van der Waals surface area (Å²) < 4.78 is 1.67. The molecule has 0 spiro atoms. The highest BCUT2D eigenvalue weighted by molar-refractivity contribution is 6.23. The topological polar surface area (TPSA) is 131 Å². The number of hydrogen-bond donors (Lipinski definition) is 2. The van der Waals surface area contributed by atoms with Gasteiger partial charge in [0.15, 0.2) is 17.5 Å². The lowest BCUT2D eigenvalue weighted by atomic mass is 9.96. The fraction of sp³-hybridized carbons (Fsp3) is 0. The molecular formula is C29H21N9O. The number of pyridine rings is 1. The number of anilines is 2. The van der Waals surface area contributed by atoms with E-state index in [1.54, 1.807) is 9.58 Å². The van der Waals surface area contributed by atoms with Gasteiger partial charge in [0.1, 0.15) is 5.56 Å². The van der Waals surface area contributed by atoms with E-state index in [1.165, 1.54) is 6.20 Å². The summed E-state index contributed by atoms with van der Waals surface area (Å²) in [4.78, 5) is 20.1. The monoisotopic (exact) mass is 511 g/mol. The zero-order valence-corrected chi connectivity index (χ0v) is 20.5. The Hall–Kier alpha value is -5.61. The van der Waals surface area contributed by atoms with Crippen LogP contribution in [-0.2, 0) is 0 Å². The third-order valence-corrected chi connectivity index (χ3v) is 6.69. The largest absolute Gasteiger partial charge is 0.382 e. The molecule has 10 nitrogen and oxygen atoms in total. The number of benzene rings is 3. The van der Waals surface area contributed by atoms with Crippen molar-refractivity contribution in [3.8, 4) is 28.1 Å².